The third-order valence-electron chi connectivity index (χ3n) is 1.60. The zero-order valence-electron chi connectivity index (χ0n) is 7.74. The molecule has 0 aliphatic heterocycles. The van der Waals surface area contributed by atoms with Crippen LogP contribution in [-0.2, 0) is 10.1 Å². The monoisotopic (exact) mass is 227 g/mol. The molecule has 0 saturated carbocycles. The molecule has 4 nitrogen and oxygen atoms in total. The first-order valence-electron chi connectivity index (χ1n) is 3.34. The summed E-state index contributed by atoms with van der Waals surface area (Å²) in [6.45, 7) is 1.67. The summed E-state index contributed by atoms with van der Waals surface area (Å²) >= 11 is 5.66. The fourth-order valence-electron chi connectivity index (χ4n) is 0.902. The van der Waals surface area contributed by atoms with Crippen molar-refractivity contribution in [3.63, 3.8) is 0 Å². The van der Waals surface area contributed by atoms with Crippen molar-refractivity contribution in [1.29, 1.82) is 0 Å². The molecule has 1 rings (SSSR count). The van der Waals surface area contributed by atoms with Gasteiger partial charge in [0, 0.05) is 0 Å². The maximum absolute atomic E-state index is 10.6. The van der Waals surface area contributed by atoms with E-state index in [1.54, 1.807) is 6.92 Å². The number of aryl methyl sites for hydroxylation is 1. The van der Waals surface area contributed by atoms with Crippen LogP contribution in [0.15, 0.2) is 17.0 Å². The van der Waals surface area contributed by atoms with Gasteiger partial charge in [0.15, 0.2) is 0 Å². The number of nitrogens with two attached hydrogens (primary N) is 1. The molecule has 14 heavy (non-hydrogen) atoms. The van der Waals surface area contributed by atoms with Gasteiger partial charge >= 0.3 is 18.9 Å². The zero-order valence-corrected chi connectivity index (χ0v) is 9.32. The van der Waals surface area contributed by atoms with Crippen LogP contribution < -0.4 is 24.6 Å². The Morgan fingerprint density at radius 2 is 1.93 bits per heavy atom. The first-order valence-corrected chi connectivity index (χ1v) is 5.13. The third kappa shape index (κ3) is 2.66. The maximum Gasteiger partial charge on any atom is 1.00 e. The number of anilines is 1. The van der Waals surface area contributed by atoms with Crippen molar-refractivity contribution in [3.05, 3.63) is 22.7 Å². The van der Waals surface area contributed by atoms with Crippen LogP contribution >= 0.6 is 11.6 Å². The molecule has 0 fully saturated rings. The Bertz CT molecular complexity index is 446. The first kappa shape index (κ1) is 13.8. The van der Waals surface area contributed by atoms with Crippen LogP contribution in [0.25, 0.3) is 0 Å². The molecule has 0 bridgehead atoms. The van der Waals surface area contributed by atoms with E-state index in [-0.39, 0.29) is 29.6 Å². The molecule has 1 aromatic carbocycles. The van der Waals surface area contributed by atoms with Crippen LogP contribution in [0.3, 0.4) is 0 Å². The second-order valence-electron chi connectivity index (χ2n) is 2.56. The van der Waals surface area contributed by atoms with Gasteiger partial charge in [0.2, 0.25) is 0 Å². The van der Waals surface area contributed by atoms with Gasteiger partial charge in [-0.25, -0.2) is 8.42 Å². The van der Waals surface area contributed by atoms with Gasteiger partial charge in [0.05, 0.1) is 15.6 Å². The number of nitrogen functional groups attached to an aromatic ring is 1. The summed E-state index contributed by atoms with van der Waals surface area (Å²) < 4.78 is 31.9. The summed E-state index contributed by atoms with van der Waals surface area (Å²) in [5.74, 6) is 0. The van der Waals surface area contributed by atoms with Gasteiger partial charge < -0.3 is 10.3 Å². The second-order valence-corrected chi connectivity index (χ2v) is 4.29. The topological polar surface area (TPSA) is 83.2 Å². The molecule has 0 aliphatic carbocycles. The Labute approximate surface area is 99.4 Å². The van der Waals surface area contributed by atoms with Gasteiger partial charge in [-0.1, -0.05) is 17.7 Å². The molecular weight excluding hydrogens is 221 g/mol. The van der Waals surface area contributed by atoms with E-state index in [0.717, 1.165) is 6.07 Å². The van der Waals surface area contributed by atoms with E-state index in [9.17, 15) is 13.0 Å². The molecular formula is C7H7ClLiNO3S. The van der Waals surface area contributed by atoms with E-state index in [4.69, 9.17) is 17.3 Å². The number of hydrogen-bond donors (Lipinski definition) is 1. The van der Waals surface area contributed by atoms with Crippen molar-refractivity contribution in [1.82, 2.24) is 0 Å². The summed E-state index contributed by atoms with van der Waals surface area (Å²) in [6.07, 6.45) is 0. The Morgan fingerprint density at radius 1 is 1.43 bits per heavy atom. The van der Waals surface area contributed by atoms with Gasteiger partial charge in [-0.15, -0.1) is 0 Å². The average molecular weight is 228 g/mol. The Kier molecular flexibility index (Phi) is 4.50. The molecule has 0 aromatic heterocycles. The molecule has 0 aliphatic rings. The standard InChI is InChI=1S/C7H8ClNO3S.Li/c1-4-2-3-5(13(10,11)12)7(9)6(4)8;/h2-3H,9H2,1H3,(H,10,11,12);/q;+1/p-1. The predicted octanol–water partition coefficient (Wildman–Crippen LogP) is -1.86. The van der Waals surface area contributed by atoms with E-state index in [1.807, 2.05) is 0 Å². The maximum atomic E-state index is 10.6. The average Bonchev–Trinajstić information content (AvgIpc) is 1.98. The van der Waals surface area contributed by atoms with Crippen molar-refractivity contribution < 1.29 is 31.8 Å². The fourth-order valence-corrected chi connectivity index (χ4v) is 1.73. The number of rotatable bonds is 1. The van der Waals surface area contributed by atoms with Crippen LogP contribution in [0.2, 0.25) is 5.02 Å². The molecule has 7 heteroatoms. The van der Waals surface area contributed by atoms with Gasteiger partial charge in [-0.3, -0.25) is 0 Å². The number of hydrogen-bond acceptors (Lipinski definition) is 4. The number of benzene rings is 1. The minimum absolute atomic E-state index is 0. The van der Waals surface area contributed by atoms with E-state index in [2.05, 4.69) is 0 Å². The number of halogens is 1. The first-order chi connectivity index (χ1) is 5.84. The normalized spacial score (nSPS) is 10.8. The van der Waals surface area contributed by atoms with Crippen LogP contribution in [0, 0.1) is 6.92 Å². The van der Waals surface area contributed by atoms with E-state index < -0.39 is 15.0 Å². The van der Waals surface area contributed by atoms with E-state index in [1.165, 1.54) is 6.07 Å². The molecule has 0 atom stereocenters. The van der Waals surface area contributed by atoms with Crippen molar-refractivity contribution in [2.75, 3.05) is 5.73 Å². The Hall–Kier alpha value is -0.183. The van der Waals surface area contributed by atoms with Crippen molar-refractivity contribution in [2.45, 2.75) is 11.8 Å². The molecule has 0 amide bonds. The molecule has 72 valence electrons. The van der Waals surface area contributed by atoms with Gasteiger partial charge in [0.25, 0.3) is 0 Å². The second kappa shape index (κ2) is 4.56. The zero-order chi connectivity index (χ0) is 10.2. The van der Waals surface area contributed by atoms with Crippen LogP contribution in [0.5, 0.6) is 0 Å². The summed E-state index contributed by atoms with van der Waals surface area (Å²) in [5.41, 5.74) is 5.81. The Balaban J connectivity index is 0.00000169. The quantitative estimate of drug-likeness (QED) is 0.346. The van der Waals surface area contributed by atoms with Crippen molar-refractivity contribution in [3.8, 4) is 0 Å². The van der Waals surface area contributed by atoms with Gasteiger partial charge in [0.1, 0.15) is 10.1 Å². The molecule has 0 heterocycles. The molecule has 0 radical (unpaired) electrons. The van der Waals surface area contributed by atoms with Gasteiger partial charge in [-0.05, 0) is 18.6 Å². The Morgan fingerprint density at radius 3 is 2.36 bits per heavy atom. The van der Waals surface area contributed by atoms with Crippen LogP contribution in [0.1, 0.15) is 5.56 Å². The van der Waals surface area contributed by atoms with Gasteiger partial charge in [-0.2, -0.15) is 0 Å². The molecule has 1 aromatic rings. The molecule has 0 unspecified atom stereocenters. The third-order valence-corrected chi connectivity index (χ3v) is 3.00. The van der Waals surface area contributed by atoms with E-state index >= 15 is 0 Å². The smallest absolute Gasteiger partial charge is 0.744 e. The summed E-state index contributed by atoms with van der Waals surface area (Å²) in [4.78, 5) is -0.469. The van der Waals surface area contributed by atoms with Crippen molar-refractivity contribution in [2.24, 2.45) is 0 Å². The van der Waals surface area contributed by atoms with Crippen LogP contribution in [-0.4, -0.2) is 13.0 Å². The summed E-state index contributed by atoms with van der Waals surface area (Å²) in [5, 5.41) is 0.108. The predicted molar refractivity (Wildman–Crippen MR) is 48.6 cm³/mol. The van der Waals surface area contributed by atoms with E-state index in [0.29, 0.717) is 5.56 Å². The molecule has 2 N–H and O–H groups in total. The SMILES string of the molecule is Cc1ccc(S(=O)(=O)[O-])c(N)c1Cl.[Li+]. The fraction of sp³-hybridized carbons (Fsp3) is 0.143. The summed E-state index contributed by atoms with van der Waals surface area (Å²) in [7, 11) is -4.53. The minimum atomic E-state index is -4.53. The molecule has 0 saturated heterocycles. The minimum Gasteiger partial charge on any atom is -0.744 e. The van der Waals surface area contributed by atoms with Crippen LogP contribution in [0.4, 0.5) is 5.69 Å². The largest absolute Gasteiger partial charge is 1.00 e. The van der Waals surface area contributed by atoms with Crippen molar-refractivity contribution >= 4 is 27.4 Å². The summed E-state index contributed by atoms with van der Waals surface area (Å²) in [6, 6.07) is 2.59. The molecule has 0 spiro atoms.